The van der Waals surface area contributed by atoms with Crippen molar-refractivity contribution >= 4 is 0 Å². The largest absolute Gasteiger partial charge is 0.360 e. The van der Waals surface area contributed by atoms with Crippen molar-refractivity contribution in [3.8, 4) is 0 Å². The second-order valence-corrected chi connectivity index (χ2v) is 3.64. The first-order valence-corrected chi connectivity index (χ1v) is 4.46. The lowest BCUT2D eigenvalue weighted by atomic mass is 10.0. The van der Waals surface area contributed by atoms with Crippen LogP contribution in [0.2, 0.25) is 0 Å². The summed E-state index contributed by atoms with van der Waals surface area (Å²) in [5.74, 6) is 1.23. The highest BCUT2D eigenvalue weighted by Gasteiger charge is 2.31. The minimum absolute atomic E-state index is 0.779. The minimum atomic E-state index is 0.779. The van der Waals surface area contributed by atoms with Gasteiger partial charge in [-0.15, -0.1) is 0 Å². The molecular formula is C9H16N2. The molecule has 1 unspecified atom stereocenters. The Morgan fingerprint density at radius 2 is 2.27 bits per heavy atom. The molecule has 2 nitrogen and oxygen atoms in total. The second kappa shape index (κ2) is 2.43. The highest BCUT2D eigenvalue weighted by molar-refractivity contribution is 5.04. The summed E-state index contributed by atoms with van der Waals surface area (Å²) in [5.41, 5.74) is 0. The average Bonchev–Trinajstić information content (AvgIpc) is 2.30. The molecule has 2 saturated heterocycles. The van der Waals surface area contributed by atoms with E-state index in [-0.39, 0.29) is 0 Å². The van der Waals surface area contributed by atoms with Gasteiger partial charge in [0.25, 0.3) is 0 Å². The molecule has 2 rings (SSSR count). The fourth-order valence-corrected chi connectivity index (χ4v) is 2.17. The van der Waals surface area contributed by atoms with E-state index in [4.69, 9.17) is 0 Å². The van der Waals surface area contributed by atoms with Crippen LogP contribution in [0, 0.1) is 0 Å². The van der Waals surface area contributed by atoms with Crippen LogP contribution in [0.15, 0.2) is 12.4 Å². The quantitative estimate of drug-likeness (QED) is 0.515. The molecule has 0 bridgehead atoms. The van der Waals surface area contributed by atoms with Crippen LogP contribution in [0.4, 0.5) is 0 Å². The zero-order valence-electron chi connectivity index (χ0n) is 7.21. The van der Waals surface area contributed by atoms with Crippen LogP contribution < -0.4 is 0 Å². The first kappa shape index (κ1) is 7.01. The predicted octanol–water partition coefficient (Wildman–Crippen LogP) is 1.26. The summed E-state index contributed by atoms with van der Waals surface area (Å²) in [6.45, 7) is 6.49. The van der Waals surface area contributed by atoms with Gasteiger partial charge >= 0.3 is 0 Å². The van der Waals surface area contributed by atoms with E-state index in [9.17, 15) is 0 Å². The standard InChI is InChI=1S/C9H16N2/c1-8-10(2)7-9-5-3-4-6-11(8)9/h9H,1,3-7H2,2H3. The average molecular weight is 152 g/mol. The summed E-state index contributed by atoms with van der Waals surface area (Å²) in [4.78, 5) is 4.74. The number of hydrogen-bond donors (Lipinski definition) is 0. The highest BCUT2D eigenvalue weighted by atomic mass is 15.4. The van der Waals surface area contributed by atoms with Crippen molar-refractivity contribution < 1.29 is 0 Å². The molecule has 1 atom stereocenters. The molecule has 2 heteroatoms. The fourth-order valence-electron chi connectivity index (χ4n) is 2.17. The maximum absolute atomic E-state index is 4.07. The molecule has 0 aromatic rings. The lowest BCUT2D eigenvalue weighted by Gasteiger charge is -2.30. The Hall–Kier alpha value is -0.660. The molecule has 0 aromatic heterocycles. The van der Waals surface area contributed by atoms with Crippen molar-refractivity contribution in [3.63, 3.8) is 0 Å². The molecule has 2 aliphatic rings. The van der Waals surface area contributed by atoms with Gasteiger partial charge in [0, 0.05) is 26.2 Å². The number of piperidine rings is 1. The Morgan fingerprint density at radius 1 is 1.45 bits per heavy atom. The Kier molecular flexibility index (Phi) is 1.55. The first-order valence-electron chi connectivity index (χ1n) is 4.46. The molecular weight excluding hydrogens is 136 g/mol. The fraction of sp³-hybridized carbons (Fsp3) is 0.778. The van der Waals surface area contributed by atoms with Crippen LogP contribution in [0.3, 0.4) is 0 Å². The molecule has 0 aliphatic carbocycles. The number of rotatable bonds is 0. The number of likely N-dealkylation sites (N-methyl/N-ethyl adjacent to an activating group) is 1. The van der Waals surface area contributed by atoms with Gasteiger partial charge in [0.05, 0.1) is 5.82 Å². The van der Waals surface area contributed by atoms with Gasteiger partial charge in [-0.3, -0.25) is 0 Å². The van der Waals surface area contributed by atoms with Crippen LogP contribution in [-0.2, 0) is 0 Å². The molecule has 0 amide bonds. The van der Waals surface area contributed by atoms with Crippen molar-refractivity contribution in [2.75, 3.05) is 20.1 Å². The second-order valence-electron chi connectivity index (χ2n) is 3.64. The van der Waals surface area contributed by atoms with Gasteiger partial charge in [-0.25, -0.2) is 0 Å². The van der Waals surface area contributed by atoms with E-state index in [0.717, 1.165) is 6.04 Å². The Bertz CT molecular complexity index is 176. The van der Waals surface area contributed by atoms with E-state index >= 15 is 0 Å². The molecule has 11 heavy (non-hydrogen) atoms. The van der Waals surface area contributed by atoms with Gasteiger partial charge in [0.1, 0.15) is 0 Å². The maximum Gasteiger partial charge on any atom is 0.0966 e. The van der Waals surface area contributed by atoms with Crippen LogP contribution in [0.5, 0.6) is 0 Å². The lowest BCUT2D eigenvalue weighted by Crippen LogP contribution is -2.34. The molecule has 62 valence electrons. The molecule has 0 aromatic carbocycles. The third kappa shape index (κ3) is 1.01. The van der Waals surface area contributed by atoms with Crippen molar-refractivity contribution in [2.45, 2.75) is 25.3 Å². The molecule has 2 aliphatic heterocycles. The third-order valence-corrected chi connectivity index (χ3v) is 2.88. The number of nitrogens with zero attached hydrogens (tertiary/aromatic N) is 2. The van der Waals surface area contributed by atoms with E-state index in [0.29, 0.717) is 0 Å². The molecule has 2 fully saturated rings. The Labute approximate surface area is 68.5 Å². The van der Waals surface area contributed by atoms with Crippen molar-refractivity contribution in [1.29, 1.82) is 0 Å². The molecule has 0 N–H and O–H groups in total. The van der Waals surface area contributed by atoms with E-state index in [1.165, 1.54) is 38.2 Å². The molecule has 0 radical (unpaired) electrons. The summed E-state index contributed by atoms with van der Waals surface area (Å²) >= 11 is 0. The van der Waals surface area contributed by atoms with Crippen molar-refractivity contribution in [1.82, 2.24) is 9.80 Å². The van der Waals surface area contributed by atoms with Crippen molar-refractivity contribution in [3.05, 3.63) is 12.4 Å². The van der Waals surface area contributed by atoms with Gasteiger partial charge in [0.2, 0.25) is 0 Å². The Balaban J connectivity index is 2.11. The summed E-state index contributed by atoms with van der Waals surface area (Å²) in [5, 5.41) is 0. The monoisotopic (exact) mass is 152 g/mol. The summed E-state index contributed by atoms with van der Waals surface area (Å²) in [6.07, 6.45) is 4.12. The normalized spacial score (nSPS) is 31.0. The maximum atomic E-state index is 4.07. The van der Waals surface area contributed by atoms with E-state index in [1.54, 1.807) is 0 Å². The van der Waals surface area contributed by atoms with E-state index in [2.05, 4.69) is 23.4 Å². The SMILES string of the molecule is C=C1N(C)CC2CCCCN12. The lowest BCUT2D eigenvalue weighted by molar-refractivity contribution is 0.237. The molecule has 0 saturated carbocycles. The van der Waals surface area contributed by atoms with Gasteiger partial charge in [-0.05, 0) is 19.3 Å². The minimum Gasteiger partial charge on any atom is -0.360 e. The predicted molar refractivity (Wildman–Crippen MR) is 46.1 cm³/mol. The summed E-state index contributed by atoms with van der Waals surface area (Å²) < 4.78 is 0. The first-order chi connectivity index (χ1) is 5.29. The topological polar surface area (TPSA) is 6.48 Å². The van der Waals surface area contributed by atoms with Gasteiger partial charge in [-0.1, -0.05) is 6.58 Å². The van der Waals surface area contributed by atoms with Crippen LogP contribution in [0.25, 0.3) is 0 Å². The number of hydrogen-bond acceptors (Lipinski definition) is 2. The smallest absolute Gasteiger partial charge is 0.0966 e. The van der Waals surface area contributed by atoms with Gasteiger partial charge in [-0.2, -0.15) is 0 Å². The van der Waals surface area contributed by atoms with Crippen LogP contribution >= 0.6 is 0 Å². The Morgan fingerprint density at radius 3 is 3.00 bits per heavy atom. The van der Waals surface area contributed by atoms with Crippen LogP contribution in [-0.4, -0.2) is 36.0 Å². The van der Waals surface area contributed by atoms with E-state index in [1.807, 2.05) is 0 Å². The molecule has 0 spiro atoms. The molecule has 2 heterocycles. The summed E-state index contributed by atoms with van der Waals surface area (Å²) in [7, 11) is 2.14. The number of fused-ring (bicyclic) bond motifs is 1. The third-order valence-electron chi connectivity index (χ3n) is 2.88. The van der Waals surface area contributed by atoms with Crippen molar-refractivity contribution in [2.24, 2.45) is 0 Å². The van der Waals surface area contributed by atoms with Crippen LogP contribution in [0.1, 0.15) is 19.3 Å². The van der Waals surface area contributed by atoms with Gasteiger partial charge in [0.15, 0.2) is 0 Å². The summed E-state index contributed by atoms with van der Waals surface area (Å²) in [6, 6.07) is 0.779. The van der Waals surface area contributed by atoms with Gasteiger partial charge < -0.3 is 9.80 Å². The highest BCUT2D eigenvalue weighted by Crippen LogP contribution is 2.28. The zero-order chi connectivity index (χ0) is 7.84. The zero-order valence-corrected chi connectivity index (χ0v) is 7.21. The van der Waals surface area contributed by atoms with E-state index < -0.39 is 0 Å².